The zero-order valence-electron chi connectivity index (χ0n) is 12.9. The van der Waals surface area contributed by atoms with E-state index in [2.05, 4.69) is 10.3 Å². The van der Waals surface area contributed by atoms with Crippen LogP contribution >= 0.6 is 0 Å². The average Bonchev–Trinajstić information content (AvgIpc) is 3.02. The Bertz CT molecular complexity index is 726. The van der Waals surface area contributed by atoms with Gasteiger partial charge in [0.05, 0.1) is 0 Å². The number of imidazole rings is 1. The molecule has 1 aromatic carbocycles. The van der Waals surface area contributed by atoms with Crippen LogP contribution in [0.5, 0.6) is 0 Å². The number of hydrogen-bond acceptors (Lipinski definition) is 3. The normalized spacial score (nSPS) is 19.4. The van der Waals surface area contributed by atoms with Crippen molar-refractivity contribution in [2.24, 2.45) is 5.92 Å². The van der Waals surface area contributed by atoms with Gasteiger partial charge in [0.25, 0.3) is 0 Å². The molecule has 120 valence electrons. The van der Waals surface area contributed by atoms with E-state index in [1.165, 1.54) is 6.92 Å². The highest BCUT2D eigenvalue weighted by molar-refractivity contribution is 5.89. The smallest absolute Gasteiger partial charge is 0.333 e. The SMILES string of the molecule is CC(NC(=O)C1CCn2ccnc2C1)(C(=O)O)c1ccccc1. The van der Waals surface area contributed by atoms with Gasteiger partial charge in [0.15, 0.2) is 5.54 Å². The van der Waals surface area contributed by atoms with Crippen LogP contribution in [0.15, 0.2) is 42.7 Å². The quantitative estimate of drug-likeness (QED) is 0.897. The lowest BCUT2D eigenvalue weighted by Crippen LogP contribution is -2.52. The highest BCUT2D eigenvalue weighted by Gasteiger charge is 2.39. The molecule has 6 heteroatoms. The van der Waals surface area contributed by atoms with Crippen LogP contribution in [0.4, 0.5) is 0 Å². The number of rotatable bonds is 4. The van der Waals surface area contributed by atoms with Crippen molar-refractivity contribution >= 4 is 11.9 Å². The third-order valence-electron chi connectivity index (χ3n) is 4.47. The van der Waals surface area contributed by atoms with Crippen molar-refractivity contribution in [1.29, 1.82) is 0 Å². The lowest BCUT2D eigenvalue weighted by Gasteiger charge is -2.30. The van der Waals surface area contributed by atoms with E-state index in [-0.39, 0.29) is 11.8 Å². The maximum atomic E-state index is 12.6. The Morgan fingerprint density at radius 3 is 2.78 bits per heavy atom. The predicted octanol–water partition coefficient (Wildman–Crippen LogP) is 1.56. The first-order valence-corrected chi connectivity index (χ1v) is 7.61. The molecule has 3 rings (SSSR count). The van der Waals surface area contributed by atoms with E-state index < -0.39 is 11.5 Å². The molecule has 0 bridgehead atoms. The Kier molecular flexibility index (Phi) is 3.90. The summed E-state index contributed by atoms with van der Waals surface area (Å²) >= 11 is 0. The Hall–Kier alpha value is -2.63. The van der Waals surface area contributed by atoms with Crippen molar-refractivity contribution in [2.45, 2.75) is 31.8 Å². The zero-order valence-corrected chi connectivity index (χ0v) is 12.9. The van der Waals surface area contributed by atoms with Crippen molar-refractivity contribution in [3.63, 3.8) is 0 Å². The van der Waals surface area contributed by atoms with Crippen molar-refractivity contribution < 1.29 is 14.7 Å². The van der Waals surface area contributed by atoms with E-state index in [1.807, 2.05) is 16.8 Å². The minimum absolute atomic E-state index is 0.243. The van der Waals surface area contributed by atoms with Gasteiger partial charge in [-0.3, -0.25) is 4.79 Å². The maximum Gasteiger partial charge on any atom is 0.333 e. The van der Waals surface area contributed by atoms with E-state index in [9.17, 15) is 14.7 Å². The second-order valence-corrected chi connectivity index (χ2v) is 6.01. The van der Waals surface area contributed by atoms with Crippen molar-refractivity contribution in [3.8, 4) is 0 Å². The number of aryl methyl sites for hydroxylation is 1. The van der Waals surface area contributed by atoms with Gasteiger partial charge < -0.3 is 15.0 Å². The molecule has 0 fully saturated rings. The van der Waals surface area contributed by atoms with Crippen molar-refractivity contribution in [2.75, 3.05) is 0 Å². The fraction of sp³-hybridized carbons (Fsp3) is 0.353. The molecule has 0 aliphatic carbocycles. The standard InChI is InChI=1S/C17H19N3O3/c1-17(16(22)23,13-5-3-2-4-6-13)19-15(21)12-7-9-20-10-8-18-14(20)11-12/h2-6,8,10,12H,7,9,11H2,1H3,(H,19,21)(H,22,23). The third kappa shape index (κ3) is 2.84. The number of aliphatic carboxylic acids is 1. The molecule has 2 atom stereocenters. The van der Waals surface area contributed by atoms with Crippen LogP contribution in [-0.4, -0.2) is 26.5 Å². The van der Waals surface area contributed by atoms with Gasteiger partial charge in [-0.15, -0.1) is 0 Å². The van der Waals surface area contributed by atoms with E-state index in [1.54, 1.807) is 30.5 Å². The molecule has 1 amide bonds. The minimum atomic E-state index is -1.44. The number of carbonyl (C=O) groups is 2. The Balaban J connectivity index is 1.79. The van der Waals surface area contributed by atoms with Gasteiger partial charge in [-0.25, -0.2) is 9.78 Å². The molecule has 23 heavy (non-hydrogen) atoms. The molecule has 1 aliphatic heterocycles. The van der Waals surface area contributed by atoms with Gasteiger partial charge in [0.2, 0.25) is 5.91 Å². The Morgan fingerprint density at radius 1 is 1.35 bits per heavy atom. The van der Waals surface area contributed by atoms with Crippen LogP contribution < -0.4 is 5.32 Å². The van der Waals surface area contributed by atoms with E-state index in [0.29, 0.717) is 18.4 Å². The van der Waals surface area contributed by atoms with Crippen molar-refractivity contribution in [1.82, 2.24) is 14.9 Å². The number of fused-ring (bicyclic) bond motifs is 1. The summed E-state index contributed by atoms with van der Waals surface area (Å²) in [4.78, 5) is 28.6. The van der Waals surface area contributed by atoms with Gasteiger partial charge in [-0.1, -0.05) is 30.3 Å². The predicted molar refractivity (Wildman–Crippen MR) is 83.6 cm³/mol. The molecule has 1 aromatic heterocycles. The monoisotopic (exact) mass is 313 g/mol. The van der Waals surface area contributed by atoms with Gasteiger partial charge in [-0.05, 0) is 18.9 Å². The number of carboxylic acids is 1. The maximum absolute atomic E-state index is 12.6. The van der Waals surface area contributed by atoms with Gasteiger partial charge in [0.1, 0.15) is 5.82 Å². The number of amides is 1. The summed E-state index contributed by atoms with van der Waals surface area (Å²) in [7, 11) is 0. The summed E-state index contributed by atoms with van der Waals surface area (Å²) in [5.74, 6) is -0.706. The van der Waals surface area contributed by atoms with Crippen molar-refractivity contribution in [3.05, 3.63) is 54.1 Å². The van der Waals surface area contributed by atoms with E-state index in [4.69, 9.17) is 0 Å². The van der Waals surface area contributed by atoms with Gasteiger partial charge >= 0.3 is 5.97 Å². The molecule has 2 heterocycles. The zero-order chi connectivity index (χ0) is 16.4. The van der Waals surface area contributed by atoms with E-state index in [0.717, 1.165) is 12.4 Å². The molecule has 0 radical (unpaired) electrons. The Labute approximate surface area is 134 Å². The molecule has 2 aromatic rings. The number of benzene rings is 1. The fourth-order valence-corrected chi connectivity index (χ4v) is 2.94. The first-order chi connectivity index (χ1) is 11.0. The molecular weight excluding hydrogens is 294 g/mol. The molecular formula is C17H19N3O3. The molecule has 6 nitrogen and oxygen atoms in total. The molecule has 0 saturated carbocycles. The highest BCUT2D eigenvalue weighted by Crippen LogP contribution is 2.24. The van der Waals surface area contributed by atoms with Crippen LogP contribution in [0, 0.1) is 5.92 Å². The number of aromatic nitrogens is 2. The summed E-state index contributed by atoms with van der Waals surface area (Å²) in [6, 6.07) is 8.76. The molecule has 1 aliphatic rings. The largest absolute Gasteiger partial charge is 0.479 e. The second-order valence-electron chi connectivity index (χ2n) is 6.01. The number of carboxylic acid groups (broad SMARTS) is 1. The molecule has 2 unspecified atom stereocenters. The molecule has 0 spiro atoms. The summed E-state index contributed by atoms with van der Waals surface area (Å²) in [6.45, 7) is 2.24. The first-order valence-electron chi connectivity index (χ1n) is 7.61. The second kappa shape index (κ2) is 5.87. The molecule has 2 N–H and O–H groups in total. The number of nitrogens with zero attached hydrogens (tertiary/aromatic N) is 2. The van der Waals surface area contributed by atoms with Crippen LogP contribution in [-0.2, 0) is 28.1 Å². The number of carbonyl (C=O) groups excluding carboxylic acids is 1. The summed E-state index contributed by atoms with van der Waals surface area (Å²) < 4.78 is 2.03. The summed E-state index contributed by atoms with van der Waals surface area (Å²) in [6.07, 6.45) is 4.83. The minimum Gasteiger partial charge on any atom is -0.479 e. The van der Waals surface area contributed by atoms with E-state index >= 15 is 0 Å². The van der Waals surface area contributed by atoms with Crippen LogP contribution in [0.1, 0.15) is 24.7 Å². The summed E-state index contributed by atoms with van der Waals surface area (Å²) in [5, 5.41) is 12.4. The fourth-order valence-electron chi connectivity index (χ4n) is 2.94. The lowest BCUT2D eigenvalue weighted by atomic mass is 9.89. The van der Waals surface area contributed by atoms with Crippen LogP contribution in [0.3, 0.4) is 0 Å². The van der Waals surface area contributed by atoms with Crippen LogP contribution in [0.25, 0.3) is 0 Å². The van der Waals surface area contributed by atoms with Crippen LogP contribution in [0.2, 0.25) is 0 Å². The number of nitrogens with one attached hydrogen (secondary N) is 1. The molecule has 0 saturated heterocycles. The summed E-state index contributed by atoms with van der Waals surface area (Å²) in [5.41, 5.74) is -0.885. The van der Waals surface area contributed by atoms with Gasteiger partial charge in [-0.2, -0.15) is 0 Å². The number of hydrogen-bond donors (Lipinski definition) is 2. The third-order valence-corrected chi connectivity index (χ3v) is 4.47. The van der Waals surface area contributed by atoms with Gasteiger partial charge in [0, 0.05) is 31.3 Å². The topological polar surface area (TPSA) is 84.2 Å². The first kappa shape index (κ1) is 15.3. The Morgan fingerprint density at radius 2 is 2.09 bits per heavy atom. The highest BCUT2D eigenvalue weighted by atomic mass is 16.4. The average molecular weight is 313 g/mol. The lowest BCUT2D eigenvalue weighted by molar-refractivity contribution is -0.148.